The molecule has 0 unspecified atom stereocenters. The van der Waals surface area contributed by atoms with Crippen molar-refractivity contribution >= 4 is 13.6 Å². The smallest absolute Gasteiger partial charge is 0.341 e. The predicted octanol–water partition coefficient (Wildman–Crippen LogP) is 3.31. The summed E-state index contributed by atoms with van der Waals surface area (Å²) in [5.74, 6) is -0.853. The maximum absolute atomic E-state index is 13.1. The number of ether oxygens (including phenoxy) is 1. The second-order valence-electron chi connectivity index (χ2n) is 5.16. The zero-order chi connectivity index (χ0) is 17.5. The van der Waals surface area contributed by atoms with Crippen molar-refractivity contribution in [3.8, 4) is 0 Å². The van der Waals surface area contributed by atoms with Gasteiger partial charge in [0.15, 0.2) is 6.10 Å². The van der Waals surface area contributed by atoms with Crippen molar-refractivity contribution in [2.24, 2.45) is 0 Å². The van der Waals surface area contributed by atoms with Crippen LogP contribution in [0.4, 0.5) is 0 Å². The Morgan fingerprint density at radius 3 is 2.09 bits per heavy atom. The third-order valence-corrected chi connectivity index (χ3v) is 5.49. The van der Waals surface area contributed by atoms with Crippen LogP contribution in [0.1, 0.15) is 38.9 Å². The molecule has 2 atom stereocenters. The van der Waals surface area contributed by atoms with Gasteiger partial charge in [0.25, 0.3) is 0 Å². The summed E-state index contributed by atoms with van der Waals surface area (Å²) in [7, 11) is -3.76. The van der Waals surface area contributed by atoms with E-state index < -0.39 is 31.4 Å². The lowest BCUT2D eigenvalue weighted by Gasteiger charge is -2.29. The zero-order valence-electron chi connectivity index (χ0n) is 14.0. The second kappa shape index (κ2) is 9.18. The van der Waals surface area contributed by atoms with Gasteiger partial charge in [0.1, 0.15) is 5.66 Å². The van der Waals surface area contributed by atoms with Crippen LogP contribution in [0.25, 0.3) is 0 Å². The van der Waals surface area contributed by atoms with Crippen LogP contribution in [0, 0.1) is 0 Å². The highest BCUT2D eigenvalue weighted by Gasteiger charge is 2.45. The van der Waals surface area contributed by atoms with E-state index in [1.807, 2.05) is 0 Å². The maximum atomic E-state index is 13.1. The van der Waals surface area contributed by atoms with E-state index in [0.717, 1.165) is 0 Å². The van der Waals surface area contributed by atoms with Crippen LogP contribution in [0.2, 0.25) is 0 Å². The van der Waals surface area contributed by atoms with E-state index in [1.165, 1.54) is 0 Å². The molecular formula is C16H25O6P. The Morgan fingerprint density at radius 2 is 1.65 bits per heavy atom. The molecule has 0 fully saturated rings. The molecule has 0 spiro atoms. The predicted molar refractivity (Wildman–Crippen MR) is 87.3 cm³/mol. The van der Waals surface area contributed by atoms with E-state index in [9.17, 15) is 14.5 Å². The Kier molecular flexibility index (Phi) is 7.92. The van der Waals surface area contributed by atoms with Crippen LogP contribution in [-0.2, 0) is 23.1 Å². The number of benzene rings is 1. The van der Waals surface area contributed by atoms with Gasteiger partial charge in [-0.2, -0.15) is 0 Å². The summed E-state index contributed by atoms with van der Waals surface area (Å²) in [6.07, 6.45) is -2.05. The number of rotatable bonds is 9. The monoisotopic (exact) mass is 344 g/mol. The quantitative estimate of drug-likeness (QED) is 0.547. The molecule has 0 saturated heterocycles. The summed E-state index contributed by atoms with van der Waals surface area (Å²) in [5, 5.41) is 10.5. The molecule has 130 valence electrons. The molecular weight excluding hydrogens is 319 g/mol. The average Bonchev–Trinajstić information content (AvgIpc) is 2.48. The Balaban J connectivity index is 3.26. The van der Waals surface area contributed by atoms with Gasteiger partial charge in [-0.1, -0.05) is 30.3 Å². The van der Waals surface area contributed by atoms with Crippen LogP contribution in [0.5, 0.6) is 0 Å². The van der Waals surface area contributed by atoms with Crippen molar-refractivity contribution in [2.75, 3.05) is 13.2 Å². The summed E-state index contributed by atoms with van der Waals surface area (Å²) in [6.45, 7) is 6.96. The highest BCUT2D eigenvalue weighted by Crippen LogP contribution is 2.62. The fourth-order valence-corrected chi connectivity index (χ4v) is 4.30. The molecule has 1 aromatic carbocycles. The van der Waals surface area contributed by atoms with Crippen molar-refractivity contribution < 1.29 is 28.3 Å². The van der Waals surface area contributed by atoms with Crippen molar-refractivity contribution in [3.05, 3.63) is 35.9 Å². The first-order chi connectivity index (χ1) is 10.9. The van der Waals surface area contributed by atoms with Gasteiger partial charge in [-0.15, -0.1) is 0 Å². The minimum atomic E-state index is -3.76. The van der Waals surface area contributed by atoms with Crippen molar-refractivity contribution in [1.82, 2.24) is 0 Å². The Bertz CT molecular complexity index is 521. The molecule has 1 aromatic rings. The van der Waals surface area contributed by atoms with Gasteiger partial charge in [0.05, 0.1) is 19.3 Å². The highest BCUT2D eigenvalue weighted by atomic mass is 31.2. The molecule has 23 heavy (non-hydrogen) atoms. The normalized spacial score (nSPS) is 14.5. The Morgan fingerprint density at radius 1 is 1.13 bits per heavy atom. The molecule has 0 aromatic heterocycles. The number of carbonyl (C=O) groups excluding carboxylic acids is 1. The highest BCUT2D eigenvalue weighted by molar-refractivity contribution is 7.54. The van der Waals surface area contributed by atoms with Crippen LogP contribution >= 0.6 is 7.60 Å². The van der Waals surface area contributed by atoms with Crippen LogP contribution in [-0.4, -0.2) is 36.5 Å². The summed E-state index contributed by atoms with van der Waals surface area (Å²) >= 11 is 0. The first-order valence-electron chi connectivity index (χ1n) is 7.68. The molecule has 1 N–H and O–H groups in total. The van der Waals surface area contributed by atoms with E-state index in [1.54, 1.807) is 58.0 Å². The maximum Gasteiger partial charge on any atom is 0.341 e. The van der Waals surface area contributed by atoms with E-state index >= 15 is 0 Å². The SMILES string of the molecule is CCOP(=O)(OCC)[C@H](c1ccccc1)[C@H](O)C(=O)OC(C)C. The van der Waals surface area contributed by atoms with Gasteiger partial charge in [0.2, 0.25) is 0 Å². The van der Waals surface area contributed by atoms with Gasteiger partial charge in [-0.05, 0) is 33.3 Å². The summed E-state index contributed by atoms with van der Waals surface area (Å²) < 4.78 is 28.8. The minimum Gasteiger partial charge on any atom is -0.461 e. The third-order valence-electron chi connectivity index (χ3n) is 2.99. The number of hydrogen-bond acceptors (Lipinski definition) is 6. The number of aliphatic hydroxyl groups excluding tert-OH is 1. The lowest BCUT2D eigenvalue weighted by molar-refractivity contribution is -0.157. The first-order valence-corrected chi connectivity index (χ1v) is 9.29. The van der Waals surface area contributed by atoms with Crippen LogP contribution in [0.15, 0.2) is 30.3 Å². The molecule has 0 amide bonds. The Hall–Kier alpha value is -1.20. The topological polar surface area (TPSA) is 82.1 Å². The molecule has 0 radical (unpaired) electrons. The molecule has 1 rings (SSSR count). The van der Waals surface area contributed by atoms with Gasteiger partial charge < -0.3 is 18.9 Å². The Labute approximate surface area is 137 Å². The molecule has 0 saturated carbocycles. The summed E-state index contributed by atoms with van der Waals surface area (Å²) in [6, 6.07) is 8.57. The number of carbonyl (C=O) groups is 1. The third kappa shape index (κ3) is 5.43. The molecule has 0 aliphatic rings. The summed E-state index contributed by atoms with van der Waals surface area (Å²) in [5.41, 5.74) is -0.652. The fraction of sp³-hybridized carbons (Fsp3) is 0.562. The van der Waals surface area contributed by atoms with E-state index in [-0.39, 0.29) is 13.2 Å². The molecule has 0 bridgehead atoms. The van der Waals surface area contributed by atoms with Crippen molar-refractivity contribution in [3.63, 3.8) is 0 Å². The van der Waals surface area contributed by atoms with Gasteiger partial charge in [-0.3, -0.25) is 4.57 Å². The molecule has 6 nitrogen and oxygen atoms in total. The lowest BCUT2D eigenvalue weighted by Crippen LogP contribution is -2.32. The number of aliphatic hydroxyl groups is 1. The fourth-order valence-electron chi connectivity index (χ4n) is 2.18. The molecule has 0 aliphatic carbocycles. The number of esters is 1. The first kappa shape index (κ1) is 19.8. The molecule has 0 aliphatic heterocycles. The van der Waals surface area contributed by atoms with E-state index in [2.05, 4.69) is 0 Å². The molecule has 7 heteroatoms. The average molecular weight is 344 g/mol. The van der Waals surface area contributed by atoms with Gasteiger partial charge >= 0.3 is 13.6 Å². The zero-order valence-corrected chi connectivity index (χ0v) is 14.9. The van der Waals surface area contributed by atoms with Crippen molar-refractivity contribution in [2.45, 2.75) is 45.6 Å². The van der Waals surface area contributed by atoms with Gasteiger partial charge in [0, 0.05) is 0 Å². The minimum absolute atomic E-state index is 0.132. The van der Waals surface area contributed by atoms with Gasteiger partial charge in [-0.25, -0.2) is 4.79 Å². The second-order valence-corrected chi connectivity index (χ2v) is 7.31. The van der Waals surface area contributed by atoms with E-state index in [4.69, 9.17) is 13.8 Å². The lowest BCUT2D eigenvalue weighted by atomic mass is 10.1. The molecule has 0 heterocycles. The standard InChI is InChI=1S/C16H25O6P/c1-5-20-23(19,21-6-2)15(13-10-8-7-9-11-13)14(17)16(18)22-12(3)4/h7-12,14-15,17H,5-6H2,1-4H3/t14-,15+/m0/s1. The largest absolute Gasteiger partial charge is 0.461 e. The number of hydrogen-bond donors (Lipinski definition) is 1. The van der Waals surface area contributed by atoms with E-state index in [0.29, 0.717) is 5.56 Å². The van der Waals surface area contributed by atoms with Crippen LogP contribution < -0.4 is 0 Å². The van der Waals surface area contributed by atoms with Crippen molar-refractivity contribution in [1.29, 1.82) is 0 Å². The van der Waals surface area contributed by atoms with Crippen LogP contribution in [0.3, 0.4) is 0 Å². The summed E-state index contributed by atoms with van der Waals surface area (Å²) in [4.78, 5) is 12.1.